The number of benzene rings is 2. The van der Waals surface area contributed by atoms with Gasteiger partial charge < -0.3 is 4.74 Å². The van der Waals surface area contributed by atoms with Gasteiger partial charge >= 0.3 is 5.97 Å². The second-order valence-corrected chi connectivity index (χ2v) is 5.04. The average Bonchev–Trinajstić information content (AvgIpc) is 2.50. The SMILES string of the molecule is O=C(OCc1c(Cl)cccc1Cl)c1c(F)c(F)c(F)c(F)c1F. The molecule has 0 saturated heterocycles. The molecule has 0 bridgehead atoms. The second kappa shape index (κ2) is 6.72. The van der Waals surface area contributed by atoms with Crippen LogP contribution in [0.15, 0.2) is 18.2 Å². The molecule has 0 unspecified atom stereocenters. The van der Waals surface area contributed by atoms with Gasteiger partial charge in [0.25, 0.3) is 0 Å². The molecular weight excluding hydrogens is 366 g/mol. The Hall–Kier alpha value is -1.86. The van der Waals surface area contributed by atoms with Gasteiger partial charge in [-0.25, -0.2) is 26.7 Å². The molecule has 0 fully saturated rings. The largest absolute Gasteiger partial charge is 0.457 e. The minimum atomic E-state index is -2.37. The third-order valence-electron chi connectivity index (χ3n) is 2.82. The van der Waals surface area contributed by atoms with Gasteiger partial charge in [0.05, 0.1) is 0 Å². The monoisotopic (exact) mass is 370 g/mol. The molecule has 2 aromatic carbocycles. The number of hydrogen-bond acceptors (Lipinski definition) is 2. The molecule has 0 amide bonds. The van der Waals surface area contributed by atoms with Crippen LogP contribution >= 0.6 is 23.2 Å². The number of ether oxygens (including phenoxy) is 1. The summed E-state index contributed by atoms with van der Waals surface area (Å²) in [5, 5.41) is 0.199. The Bertz CT molecular complexity index is 746. The van der Waals surface area contributed by atoms with Crippen molar-refractivity contribution in [1.82, 2.24) is 0 Å². The van der Waals surface area contributed by atoms with E-state index in [9.17, 15) is 26.7 Å². The summed E-state index contributed by atoms with van der Waals surface area (Å²) in [5.41, 5.74) is -1.57. The molecular formula is C14H5Cl2F5O2. The van der Waals surface area contributed by atoms with E-state index in [0.29, 0.717) is 0 Å². The topological polar surface area (TPSA) is 26.3 Å². The van der Waals surface area contributed by atoms with Crippen LogP contribution in [-0.4, -0.2) is 5.97 Å². The lowest BCUT2D eigenvalue weighted by molar-refractivity contribution is 0.0458. The zero-order chi connectivity index (χ0) is 17.3. The van der Waals surface area contributed by atoms with Crippen LogP contribution < -0.4 is 0 Å². The maximum Gasteiger partial charge on any atom is 0.344 e. The smallest absolute Gasteiger partial charge is 0.344 e. The van der Waals surface area contributed by atoms with Gasteiger partial charge in [0.1, 0.15) is 12.2 Å². The highest BCUT2D eigenvalue weighted by Gasteiger charge is 2.30. The van der Waals surface area contributed by atoms with Crippen molar-refractivity contribution in [3.63, 3.8) is 0 Å². The molecule has 0 aliphatic heterocycles. The Morgan fingerprint density at radius 2 is 1.30 bits per heavy atom. The van der Waals surface area contributed by atoms with Crippen LogP contribution in [0.5, 0.6) is 0 Å². The first-order valence-corrected chi connectivity index (χ1v) is 6.62. The van der Waals surface area contributed by atoms with Crippen molar-refractivity contribution in [2.24, 2.45) is 0 Å². The number of halogens is 7. The van der Waals surface area contributed by atoms with Gasteiger partial charge in [-0.05, 0) is 12.1 Å². The number of rotatable bonds is 3. The number of esters is 1. The number of hydrogen-bond donors (Lipinski definition) is 0. The van der Waals surface area contributed by atoms with Gasteiger partial charge in [0.15, 0.2) is 23.3 Å². The fraction of sp³-hybridized carbons (Fsp3) is 0.0714. The highest BCUT2D eigenvalue weighted by atomic mass is 35.5. The molecule has 2 rings (SSSR count). The zero-order valence-electron chi connectivity index (χ0n) is 10.9. The molecule has 0 aromatic heterocycles. The second-order valence-electron chi connectivity index (χ2n) is 4.22. The molecule has 0 aliphatic rings. The van der Waals surface area contributed by atoms with Crippen molar-refractivity contribution >= 4 is 29.2 Å². The Morgan fingerprint density at radius 1 is 0.870 bits per heavy atom. The molecule has 0 aliphatic carbocycles. The van der Waals surface area contributed by atoms with E-state index in [1.807, 2.05) is 0 Å². The molecule has 2 nitrogen and oxygen atoms in total. The van der Waals surface area contributed by atoms with Gasteiger partial charge in [-0.3, -0.25) is 0 Å². The molecule has 0 N–H and O–H groups in total. The quantitative estimate of drug-likeness (QED) is 0.327. The summed E-state index contributed by atoms with van der Waals surface area (Å²) >= 11 is 11.6. The van der Waals surface area contributed by atoms with Crippen LogP contribution in [0.2, 0.25) is 10.0 Å². The highest BCUT2D eigenvalue weighted by molar-refractivity contribution is 6.35. The van der Waals surface area contributed by atoms with E-state index in [4.69, 9.17) is 23.2 Å². The van der Waals surface area contributed by atoms with Crippen molar-refractivity contribution < 1.29 is 31.5 Å². The first kappa shape index (κ1) is 17.5. The first-order chi connectivity index (χ1) is 10.8. The van der Waals surface area contributed by atoms with Crippen LogP contribution in [0.4, 0.5) is 22.0 Å². The predicted octanol–water partition coefficient (Wildman–Crippen LogP) is 5.05. The summed E-state index contributed by atoms with van der Waals surface area (Å²) in [6.07, 6.45) is 0. The highest BCUT2D eigenvalue weighted by Crippen LogP contribution is 2.27. The van der Waals surface area contributed by atoms with E-state index in [1.165, 1.54) is 18.2 Å². The van der Waals surface area contributed by atoms with Crippen molar-refractivity contribution in [2.75, 3.05) is 0 Å². The van der Waals surface area contributed by atoms with Gasteiger partial charge in [0.2, 0.25) is 5.82 Å². The summed E-state index contributed by atoms with van der Waals surface area (Å²) in [6.45, 7) is -0.614. The molecule has 0 spiro atoms. The fourth-order valence-corrected chi connectivity index (χ4v) is 2.17. The standard InChI is InChI=1S/C14H5Cl2F5O2/c15-6-2-1-3-7(16)5(6)4-23-14(22)8-9(17)11(19)13(21)12(20)10(8)18/h1-3H,4H2. The minimum Gasteiger partial charge on any atom is -0.457 e. The lowest BCUT2D eigenvalue weighted by atomic mass is 10.1. The molecule has 0 saturated carbocycles. The van der Waals surface area contributed by atoms with Crippen molar-refractivity contribution in [3.8, 4) is 0 Å². The summed E-state index contributed by atoms with van der Waals surface area (Å²) < 4.78 is 70.5. The van der Waals surface area contributed by atoms with Gasteiger partial charge in [0, 0.05) is 15.6 Å². The molecule has 0 heterocycles. The lowest BCUT2D eigenvalue weighted by Gasteiger charge is -2.10. The van der Waals surface area contributed by atoms with E-state index < -0.39 is 47.2 Å². The van der Waals surface area contributed by atoms with E-state index in [2.05, 4.69) is 4.74 Å². The molecule has 2 aromatic rings. The Balaban J connectivity index is 2.33. The van der Waals surface area contributed by atoms with E-state index >= 15 is 0 Å². The van der Waals surface area contributed by atoms with Crippen LogP contribution in [0.25, 0.3) is 0 Å². The third-order valence-corrected chi connectivity index (χ3v) is 3.53. The summed E-state index contributed by atoms with van der Waals surface area (Å²) in [7, 11) is 0. The Kier molecular flexibility index (Phi) is 5.11. The average molecular weight is 371 g/mol. The number of carbonyl (C=O) groups is 1. The van der Waals surface area contributed by atoms with E-state index in [0.717, 1.165) is 0 Å². The van der Waals surface area contributed by atoms with Crippen LogP contribution in [0.3, 0.4) is 0 Å². The predicted molar refractivity (Wildman–Crippen MR) is 71.8 cm³/mol. The zero-order valence-corrected chi connectivity index (χ0v) is 12.4. The maximum atomic E-state index is 13.5. The van der Waals surface area contributed by atoms with E-state index in [1.54, 1.807) is 0 Å². The fourth-order valence-electron chi connectivity index (χ4n) is 1.66. The summed E-state index contributed by atoms with van der Waals surface area (Å²) in [5.74, 6) is -13.2. The van der Waals surface area contributed by atoms with E-state index in [-0.39, 0.29) is 15.6 Å². The Morgan fingerprint density at radius 3 is 1.78 bits per heavy atom. The van der Waals surface area contributed by atoms with Crippen LogP contribution in [0.1, 0.15) is 15.9 Å². The van der Waals surface area contributed by atoms with Crippen molar-refractivity contribution in [1.29, 1.82) is 0 Å². The van der Waals surface area contributed by atoms with Gasteiger partial charge in [-0.2, -0.15) is 0 Å². The molecule has 9 heteroatoms. The third kappa shape index (κ3) is 3.25. The molecule has 0 radical (unpaired) electrons. The Labute approximate surface area is 136 Å². The lowest BCUT2D eigenvalue weighted by Crippen LogP contribution is -2.15. The molecule has 122 valence electrons. The summed E-state index contributed by atoms with van der Waals surface area (Å²) in [6, 6.07) is 4.32. The minimum absolute atomic E-state index is 0.0997. The normalized spacial score (nSPS) is 10.7. The van der Waals surface area contributed by atoms with Gasteiger partial charge in [-0.1, -0.05) is 29.3 Å². The molecule has 0 atom stereocenters. The van der Waals surface area contributed by atoms with Crippen LogP contribution in [0, 0.1) is 29.1 Å². The maximum absolute atomic E-state index is 13.5. The number of carbonyl (C=O) groups excluding carboxylic acids is 1. The van der Waals surface area contributed by atoms with Gasteiger partial charge in [-0.15, -0.1) is 0 Å². The first-order valence-electron chi connectivity index (χ1n) is 5.87. The summed E-state index contributed by atoms with van der Waals surface area (Å²) in [4.78, 5) is 11.7. The molecule has 23 heavy (non-hydrogen) atoms. The van der Waals surface area contributed by atoms with Crippen molar-refractivity contribution in [2.45, 2.75) is 6.61 Å². The van der Waals surface area contributed by atoms with Crippen molar-refractivity contribution in [3.05, 3.63) is 68.5 Å². The van der Waals surface area contributed by atoms with Crippen LogP contribution in [-0.2, 0) is 11.3 Å².